The summed E-state index contributed by atoms with van der Waals surface area (Å²) >= 11 is 0. The predicted molar refractivity (Wildman–Crippen MR) is 97.9 cm³/mol. The van der Waals surface area contributed by atoms with E-state index in [0.29, 0.717) is 25.0 Å². The largest absolute Gasteiger partial charge is 0.494 e. The molecule has 1 aromatic carbocycles. The van der Waals surface area contributed by atoms with Gasteiger partial charge in [0.25, 0.3) is 0 Å². The van der Waals surface area contributed by atoms with Crippen LogP contribution in [0.1, 0.15) is 43.6 Å². The van der Waals surface area contributed by atoms with E-state index in [0.717, 1.165) is 17.1 Å². The van der Waals surface area contributed by atoms with Crippen LogP contribution in [-0.2, 0) is 6.54 Å². The van der Waals surface area contributed by atoms with E-state index < -0.39 is 0 Å². The molecule has 0 unspecified atom stereocenters. The molecule has 2 aromatic rings. The van der Waals surface area contributed by atoms with Gasteiger partial charge in [0.1, 0.15) is 11.6 Å². The standard InChI is InChI=1S/C18H27N5O/c1-7-24-15-10-13(4)8-9-14(15)11-19-17-20-16(12(2)3)21-18(22-17)23(5)6/h8-10,12H,7,11H2,1-6H3,(H,19,20,21,22). The first kappa shape index (κ1) is 18.0. The number of nitrogens with zero attached hydrogens (tertiary/aromatic N) is 4. The van der Waals surface area contributed by atoms with Crippen LogP contribution in [0.4, 0.5) is 11.9 Å². The number of anilines is 2. The fraction of sp³-hybridized carbons (Fsp3) is 0.500. The zero-order chi connectivity index (χ0) is 17.7. The van der Waals surface area contributed by atoms with Crippen LogP contribution in [0.3, 0.4) is 0 Å². The number of nitrogens with one attached hydrogen (secondary N) is 1. The molecule has 0 bridgehead atoms. The zero-order valence-electron chi connectivity index (χ0n) is 15.4. The minimum Gasteiger partial charge on any atom is -0.494 e. The van der Waals surface area contributed by atoms with Crippen molar-refractivity contribution in [1.82, 2.24) is 15.0 Å². The maximum Gasteiger partial charge on any atom is 0.229 e. The van der Waals surface area contributed by atoms with Gasteiger partial charge in [0, 0.05) is 32.1 Å². The number of rotatable bonds is 7. The minimum atomic E-state index is 0.241. The first-order valence-electron chi connectivity index (χ1n) is 8.30. The van der Waals surface area contributed by atoms with Crippen LogP contribution >= 0.6 is 0 Å². The van der Waals surface area contributed by atoms with E-state index in [-0.39, 0.29) is 5.92 Å². The summed E-state index contributed by atoms with van der Waals surface area (Å²) in [5, 5.41) is 3.30. The van der Waals surface area contributed by atoms with E-state index in [1.54, 1.807) is 0 Å². The van der Waals surface area contributed by atoms with Crippen LogP contribution in [-0.4, -0.2) is 35.7 Å². The number of aromatic nitrogens is 3. The number of ether oxygens (including phenoxy) is 1. The minimum absolute atomic E-state index is 0.241. The fourth-order valence-corrected chi connectivity index (χ4v) is 2.19. The molecular formula is C18H27N5O. The second kappa shape index (κ2) is 7.95. The monoisotopic (exact) mass is 329 g/mol. The maximum absolute atomic E-state index is 5.73. The van der Waals surface area contributed by atoms with Crippen LogP contribution in [0.2, 0.25) is 0 Å². The lowest BCUT2D eigenvalue weighted by Gasteiger charge is -2.16. The summed E-state index contributed by atoms with van der Waals surface area (Å²) in [4.78, 5) is 15.4. The Morgan fingerprint density at radius 3 is 2.54 bits per heavy atom. The van der Waals surface area contributed by atoms with E-state index in [2.05, 4.69) is 59.2 Å². The van der Waals surface area contributed by atoms with Gasteiger partial charge in [0.2, 0.25) is 11.9 Å². The third-order valence-electron chi connectivity index (χ3n) is 3.52. The molecule has 0 amide bonds. The molecule has 0 aliphatic rings. The normalized spacial score (nSPS) is 10.8. The van der Waals surface area contributed by atoms with Gasteiger partial charge in [-0.15, -0.1) is 0 Å². The quantitative estimate of drug-likeness (QED) is 0.840. The Kier molecular flexibility index (Phi) is 5.95. The Labute approximate surface area is 144 Å². The average Bonchev–Trinajstić information content (AvgIpc) is 2.54. The van der Waals surface area contributed by atoms with E-state index in [4.69, 9.17) is 4.74 Å². The van der Waals surface area contributed by atoms with Gasteiger partial charge in [-0.3, -0.25) is 0 Å². The maximum atomic E-state index is 5.73. The molecule has 130 valence electrons. The van der Waals surface area contributed by atoms with Crippen molar-refractivity contribution in [2.45, 2.75) is 40.2 Å². The highest BCUT2D eigenvalue weighted by molar-refractivity contribution is 5.41. The zero-order valence-corrected chi connectivity index (χ0v) is 15.4. The molecule has 1 heterocycles. The fourth-order valence-electron chi connectivity index (χ4n) is 2.19. The van der Waals surface area contributed by atoms with Crippen molar-refractivity contribution in [2.24, 2.45) is 0 Å². The molecule has 0 aliphatic carbocycles. The number of aryl methyl sites for hydroxylation is 1. The molecule has 0 fully saturated rings. The van der Waals surface area contributed by atoms with Gasteiger partial charge in [0.05, 0.1) is 6.61 Å². The van der Waals surface area contributed by atoms with Crippen LogP contribution in [0.25, 0.3) is 0 Å². The summed E-state index contributed by atoms with van der Waals surface area (Å²) in [6.45, 7) is 9.44. The van der Waals surface area contributed by atoms with Crippen molar-refractivity contribution in [1.29, 1.82) is 0 Å². The van der Waals surface area contributed by atoms with E-state index in [9.17, 15) is 0 Å². The summed E-state index contributed by atoms with van der Waals surface area (Å²) in [6, 6.07) is 6.21. The highest BCUT2D eigenvalue weighted by Gasteiger charge is 2.11. The first-order chi connectivity index (χ1) is 11.4. The van der Waals surface area contributed by atoms with Crippen LogP contribution in [0, 0.1) is 6.92 Å². The molecule has 1 aromatic heterocycles. The summed E-state index contributed by atoms with van der Waals surface area (Å²) < 4.78 is 5.73. The van der Waals surface area contributed by atoms with Crippen molar-refractivity contribution in [3.63, 3.8) is 0 Å². The molecule has 0 aliphatic heterocycles. The van der Waals surface area contributed by atoms with Crippen molar-refractivity contribution >= 4 is 11.9 Å². The average molecular weight is 329 g/mol. The van der Waals surface area contributed by atoms with Gasteiger partial charge in [-0.05, 0) is 25.5 Å². The van der Waals surface area contributed by atoms with Crippen molar-refractivity contribution in [2.75, 3.05) is 30.9 Å². The molecule has 6 heteroatoms. The lowest BCUT2D eigenvalue weighted by Crippen LogP contribution is -2.17. The molecule has 6 nitrogen and oxygen atoms in total. The molecule has 0 saturated heterocycles. The Balaban J connectivity index is 2.22. The molecular weight excluding hydrogens is 302 g/mol. The molecule has 0 spiro atoms. The molecule has 24 heavy (non-hydrogen) atoms. The van der Waals surface area contributed by atoms with Crippen LogP contribution in [0.5, 0.6) is 5.75 Å². The van der Waals surface area contributed by atoms with Gasteiger partial charge in [-0.25, -0.2) is 0 Å². The number of hydrogen-bond acceptors (Lipinski definition) is 6. The smallest absolute Gasteiger partial charge is 0.229 e. The van der Waals surface area contributed by atoms with E-state index in [1.807, 2.05) is 25.9 Å². The van der Waals surface area contributed by atoms with Crippen molar-refractivity contribution in [3.05, 3.63) is 35.2 Å². The lowest BCUT2D eigenvalue weighted by molar-refractivity contribution is 0.336. The molecule has 0 radical (unpaired) electrons. The second-order valence-electron chi connectivity index (χ2n) is 6.26. The summed E-state index contributed by atoms with van der Waals surface area (Å²) in [7, 11) is 3.85. The predicted octanol–water partition coefficient (Wildman–Crippen LogP) is 3.38. The topological polar surface area (TPSA) is 63.2 Å². The van der Waals surface area contributed by atoms with Gasteiger partial charge in [0.15, 0.2) is 0 Å². The van der Waals surface area contributed by atoms with Crippen molar-refractivity contribution in [3.8, 4) is 5.75 Å². The van der Waals surface area contributed by atoms with E-state index >= 15 is 0 Å². The van der Waals surface area contributed by atoms with Gasteiger partial charge in [-0.2, -0.15) is 15.0 Å². The first-order valence-corrected chi connectivity index (χ1v) is 8.30. The van der Waals surface area contributed by atoms with Gasteiger partial charge < -0.3 is 15.0 Å². The SMILES string of the molecule is CCOc1cc(C)ccc1CNc1nc(C(C)C)nc(N(C)C)n1. The molecule has 1 N–H and O–H groups in total. The summed E-state index contributed by atoms with van der Waals surface area (Å²) in [6.07, 6.45) is 0. The number of hydrogen-bond donors (Lipinski definition) is 1. The Hall–Kier alpha value is -2.37. The third kappa shape index (κ3) is 4.57. The Morgan fingerprint density at radius 1 is 1.17 bits per heavy atom. The van der Waals surface area contributed by atoms with E-state index in [1.165, 1.54) is 5.56 Å². The summed E-state index contributed by atoms with van der Waals surface area (Å²) in [5.74, 6) is 3.16. The molecule has 0 atom stereocenters. The summed E-state index contributed by atoms with van der Waals surface area (Å²) in [5.41, 5.74) is 2.26. The third-order valence-corrected chi connectivity index (χ3v) is 3.52. The lowest BCUT2D eigenvalue weighted by atomic mass is 10.1. The van der Waals surface area contributed by atoms with Gasteiger partial charge in [-0.1, -0.05) is 26.0 Å². The van der Waals surface area contributed by atoms with Gasteiger partial charge >= 0.3 is 0 Å². The molecule has 0 saturated carbocycles. The van der Waals surface area contributed by atoms with Crippen LogP contribution < -0.4 is 15.0 Å². The van der Waals surface area contributed by atoms with Crippen molar-refractivity contribution < 1.29 is 4.74 Å². The Morgan fingerprint density at radius 2 is 1.92 bits per heavy atom. The van der Waals surface area contributed by atoms with Crippen LogP contribution in [0.15, 0.2) is 18.2 Å². The second-order valence-corrected chi connectivity index (χ2v) is 6.26. The molecule has 2 rings (SSSR count). The highest BCUT2D eigenvalue weighted by atomic mass is 16.5. The number of benzene rings is 1. The highest BCUT2D eigenvalue weighted by Crippen LogP contribution is 2.22. The Bertz CT molecular complexity index is 659.